The van der Waals surface area contributed by atoms with Crippen LogP contribution in [0.25, 0.3) is 11.0 Å². The second-order valence-electron chi connectivity index (χ2n) is 4.31. The van der Waals surface area contributed by atoms with Gasteiger partial charge in [0.2, 0.25) is 0 Å². The van der Waals surface area contributed by atoms with Gasteiger partial charge in [-0.1, -0.05) is 47.0 Å². The lowest BCUT2D eigenvalue weighted by Gasteiger charge is -2.08. The van der Waals surface area contributed by atoms with Gasteiger partial charge in [0.1, 0.15) is 11.0 Å². The van der Waals surface area contributed by atoms with Gasteiger partial charge in [0.15, 0.2) is 0 Å². The molecule has 3 aliphatic rings. The topological polar surface area (TPSA) is 25.8 Å². The van der Waals surface area contributed by atoms with Crippen molar-refractivity contribution in [3.8, 4) is 0 Å². The van der Waals surface area contributed by atoms with Crippen molar-refractivity contribution in [1.82, 2.24) is 8.75 Å². The second-order valence-corrected chi connectivity index (χ2v) is 12.2. The predicted octanol–water partition coefficient (Wildman–Crippen LogP) is 6.10. The molecule has 2 aromatic rings. The van der Waals surface area contributed by atoms with Gasteiger partial charge in [0, 0.05) is 21.3 Å². The number of fused-ring (bicyclic) bond motifs is 2. The Balaban J connectivity index is 1.49. The summed E-state index contributed by atoms with van der Waals surface area (Å²) >= 11 is 13.0. The lowest BCUT2D eigenvalue weighted by atomic mass is 10.3. The Bertz CT molecular complexity index is 760. The second kappa shape index (κ2) is 5.61. The average Bonchev–Trinajstić information content (AvgIpc) is 3.20. The maximum atomic E-state index is 4.34. The van der Waals surface area contributed by atoms with Crippen LogP contribution in [-0.4, -0.2) is 20.3 Å². The molecule has 0 fully saturated rings. The number of thioether (sulfide) groups is 6. The maximum Gasteiger partial charge on any atom is 0.105 e. The van der Waals surface area contributed by atoms with Crippen LogP contribution in [0.3, 0.4) is 0 Å². The third-order valence-corrected chi connectivity index (χ3v) is 12.4. The Morgan fingerprint density at radius 2 is 1.19 bits per heavy atom. The Hall–Kier alpha value is 0.620. The molecule has 0 unspecified atom stereocenters. The molecule has 0 saturated heterocycles. The van der Waals surface area contributed by atoms with Gasteiger partial charge in [0.25, 0.3) is 0 Å². The highest BCUT2D eigenvalue weighted by atomic mass is 32.3. The molecule has 0 saturated carbocycles. The normalized spacial score (nSPS) is 21.3. The lowest BCUT2D eigenvalue weighted by Crippen LogP contribution is -1.88. The highest BCUT2D eigenvalue weighted by molar-refractivity contribution is 8.42. The highest BCUT2D eigenvalue weighted by Gasteiger charge is 2.30. The summed E-state index contributed by atoms with van der Waals surface area (Å²) in [4.78, 5) is 2.66. The minimum atomic E-state index is 1.02. The van der Waals surface area contributed by atoms with Gasteiger partial charge in [-0.3, -0.25) is 0 Å². The van der Waals surface area contributed by atoms with Crippen LogP contribution in [0.4, 0.5) is 0 Å². The molecule has 106 valence electrons. The molecule has 21 heavy (non-hydrogen) atoms. The van der Waals surface area contributed by atoms with E-state index in [-0.39, 0.29) is 0 Å². The van der Waals surface area contributed by atoms with Crippen molar-refractivity contribution in [2.45, 2.75) is 9.79 Å². The molecule has 0 spiro atoms. The van der Waals surface area contributed by atoms with Gasteiger partial charge in [-0.15, -0.1) is 23.5 Å². The molecule has 5 rings (SSSR count). The Kier molecular flexibility index (Phi) is 3.74. The van der Waals surface area contributed by atoms with Gasteiger partial charge in [0.05, 0.1) is 28.7 Å². The number of hydrogen-bond acceptors (Lipinski definition) is 9. The summed E-state index contributed by atoms with van der Waals surface area (Å²) in [7, 11) is 0. The van der Waals surface area contributed by atoms with E-state index in [9.17, 15) is 0 Å². The molecule has 0 radical (unpaired) electrons. The van der Waals surface area contributed by atoms with E-state index in [1.165, 1.54) is 50.0 Å². The predicted molar refractivity (Wildman–Crippen MR) is 103 cm³/mol. The molecule has 0 N–H and O–H groups in total. The van der Waals surface area contributed by atoms with Crippen LogP contribution < -0.4 is 0 Å². The zero-order valence-electron chi connectivity index (χ0n) is 10.3. The van der Waals surface area contributed by atoms with E-state index >= 15 is 0 Å². The van der Waals surface area contributed by atoms with Gasteiger partial charge >= 0.3 is 0 Å². The molecule has 1 aromatic carbocycles. The van der Waals surface area contributed by atoms with E-state index in [2.05, 4.69) is 20.9 Å². The van der Waals surface area contributed by atoms with Crippen LogP contribution in [0.5, 0.6) is 0 Å². The van der Waals surface area contributed by atoms with Crippen LogP contribution in [0.1, 0.15) is 0 Å². The van der Waals surface area contributed by atoms with Crippen LogP contribution in [-0.2, 0) is 0 Å². The van der Waals surface area contributed by atoms with Gasteiger partial charge in [-0.2, -0.15) is 8.75 Å². The van der Waals surface area contributed by atoms with E-state index < -0.39 is 0 Å². The van der Waals surface area contributed by atoms with Crippen molar-refractivity contribution in [3.05, 3.63) is 29.1 Å². The minimum absolute atomic E-state index is 1.02. The Labute approximate surface area is 151 Å². The van der Waals surface area contributed by atoms with Crippen LogP contribution in [0.2, 0.25) is 0 Å². The third kappa shape index (κ3) is 2.49. The van der Waals surface area contributed by atoms with Gasteiger partial charge in [-0.25, -0.2) is 0 Å². The fraction of sp³-hybridized carbons (Fsp3) is 0.167. The van der Waals surface area contributed by atoms with Crippen molar-refractivity contribution >= 4 is 93.3 Å². The average molecular weight is 403 g/mol. The van der Waals surface area contributed by atoms with E-state index in [1.54, 1.807) is 0 Å². The summed E-state index contributed by atoms with van der Waals surface area (Å²) < 4.78 is 14.6. The van der Waals surface area contributed by atoms with E-state index in [4.69, 9.17) is 0 Å². The van der Waals surface area contributed by atoms with E-state index in [0.717, 1.165) is 11.0 Å². The molecule has 3 aliphatic heterocycles. The summed E-state index contributed by atoms with van der Waals surface area (Å²) in [6.07, 6.45) is 0. The Morgan fingerprint density at radius 1 is 0.667 bits per heavy atom. The summed E-state index contributed by atoms with van der Waals surface area (Å²) in [5, 5.41) is 0. The number of rotatable bonds is 0. The molecular weight excluding hydrogens is 397 g/mol. The van der Waals surface area contributed by atoms with Crippen LogP contribution in [0, 0.1) is 0 Å². The van der Waals surface area contributed by atoms with Crippen molar-refractivity contribution in [1.29, 1.82) is 0 Å². The monoisotopic (exact) mass is 402 g/mol. The maximum absolute atomic E-state index is 4.34. The lowest BCUT2D eigenvalue weighted by molar-refractivity contribution is 1.29. The number of hydrogen-bond donors (Lipinski definition) is 0. The molecular formula is C12H6N2S7. The standard InChI is InChI=1S/C12H6N2S7/c1-2-16-10-9(15-1)19-12(20-10)11-17-7-3-5-6(14-21-13-5)4-8(7)18-11/h3-4H,1-2H2. The largest absolute Gasteiger partial charge is 0.173 e. The molecule has 2 nitrogen and oxygen atoms in total. The first kappa shape index (κ1) is 14.0. The van der Waals surface area contributed by atoms with Crippen LogP contribution in [0.15, 0.2) is 38.9 Å². The zero-order chi connectivity index (χ0) is 13.8. The number of benzene rings is 1. The third-order valence-electron chi connectivity index (χ3n) is 2.98. The molecule has 9 heteroatoms. The Morgan fingerprint density at radius 3 is 1.76 bits per heavy atom. The molecule has 0 bridgehead atoms. The molecule has 0 amide bonds. The first-order chi connectivity index (χ1) is 10.4. The van der Waals surface area contributed by atoms with Crippen LogP contribution >= 0.6 is 82.3 Å². The van der Waals surface area contributed by atoms with Crippen molar-refractivity contribution in [3.63, 3.8) is 0 Å². The fourth-order valence-corrected chi connectivity index (χ4v) is 11.4. The summed E-state index contributed by atoms with van der Waals surface area (Å²) in [5.41, 5.74) is 2.04. The summed E-state index contributed by atoms with van der Waals surface area (Å²) in [5.74, 6) is 2.49. The van der Waals surface area contributed by atoms with Gasteiger partial charge < -0.3 is 0 Å². The first-order valence-corrected chi connectivity index (χ1v) is 12.1. The molecule has 0 atom stereocenters. The first-order valence-electron chi connectivity index (χ1n) is 6.09. The van der Waals surface area contributed by atoms with E-state index in [1.807, 2.05) is 70.6 Å². The van der Waals surface area contributed by atoms with Crippen molar-refractivity contribution in [2.24, 2.45) is 0 Å². The summed E-state index contributed by atoms with van der Waals surface area (Å²) in [6, 6.07) is 4.36. The fourth-order valence-electron chi connectivity index (χ4n) is 2.06. The summed E-state index contributed by atoms with van der Waals surface area (Å²) in [6.45, 7) is 0. The van der Waals surface area contributed by atoms with Crippen molar-refractivity contribution < 1.29 is 0 Å². The molecule has 4 heterocycles. The highest BCUT2D eigenvalue weighted by Crippen LogP contribution is 2.65. The van der Waals surface area contributed by atoms with E-state index in [0.29, 0.717) is 0 Å². The molecule has 1 aromatic heterocycles. The quantitative estimate of drug-likeness (QED) is 0.521. The smallest absolute Gasteiger partial charge is 0.105 e. The zero-order valence-corrected chi connectivity index (χ0v) is 16.0. The molecule has 0 aliphatic carbocycles. The number of nitrogens with zero attached hydrogens (tertiary/aromatic N) is 2. The van der Waals surface area contributed by atoms with Gasteiger partial charge in [-0.05, 0) is 12.1 Å². The SMILES string of the molecule is c1c2c(cc3nsnc13)SC(=C1SC3=C(SCCS3)S1)S2. The number of aromatic nitrogens is 2. The van der Waals surface area contributed by atoms with Crippen molar-refractivity contribution in [2.75, 3.05) is 11.5 Å². The minimum Gasteiger partial charge on any atom is -0.173 e.